The molecule has 4 rings (SSSR count). The average molecular weight is 382 g/mol. The zero-order chi connectivity index (χ0) is 18.3. The summed E-state index contributed by atoms with van der Waals surface area (Å²) in [5, 5.41) is 9.21. The van der Waals surface area contributed by atoms with Gasteiger partial charge in [0.2, 0.25) is 0 Å². The lowest BCUT2D eigenvalue weighted by molar-refractivity contribution is 0.103. The van der Waals surface area contributed by atoms with Gasteiger partial charge < -0.3 is 5.32 Å². The maximum atomic E-state index is 12.6. The molecule has 0 saturated carbocycles. The molecule has 1 amide bonds. The van der Waals surface area contributed by atoms with Gasteiger partial charge in [0, 0.05) is 28.7 Å². The van der Waals surface area contributed by atoms with Crippen molar-refractivity contribution in [3.63, 3.8) is 0 Å². The van der Waals surface area contributed by atoms with E-state index in [1.54, 1.807) is 0 Å². The van der Waals surface area contributed by atoms with E-state index in [1.807, 2.05) is 73.3 Å². The number of nitrogens with zero attached hydrogens (tertiary/aromatic N) is 2. The minimum Gasteiger partial charge on any atom is -0.321 e. The molecular formula is C20H16ClN3OS. The van der Waals surface area contributed by atoms with E-state index in [-0.39, 0.29) is 5.91 Å². The minimum atomic E-state index is -0.112. The molecule has 2 heterocycles. The Kier molecular flexibility index (Phi) is 4.26. The van der Waals surface area contributed by atoms with Crippen molar-refractivity contribution in [2.75, 3.05) is 5.32 Å². The van der Waals surface area contributed by atoms with E-state index in [4.69, 9.17) is 11.6 Å². The van der Waals surface area contributed by atoms with E-state index in [1.165, 1.54) is 11.3 Å². The van der Waals surface area contributed by atoms with Gasteiger partial charge in [0.1, 0.15) is 10.5 Å². The monoisotopic (exact) mass is 381 g/mol. The summed E-state index contributed by atoms with van der Waals surface area (Å²) in [7, 11) is 1.89. The van der Waals surface area contributed by atoms with Crippen LogP contribution in [0.3, 0.4) is 0 Å². The van der Waals surface area contributed by atoms with Crippen LogP contribution in [-0.4, -0.2) is 15.7 Å². The van der Waals surface area contributed by atoms with Crippen molar-refractivity contribution in [3.8, 4) is 11.3 Å². The topological polar surface area (TPSA) is 46.9 Å². The molecule has 2 aromatic heterocycles. The van der Waals surface area contributed by atoms with Crippen LogP contribution in [0.25, 0.3) is 21.5 Å². The van der Waals surface area contributed by atoms with Crippen LogP contribution in [-0.2, 0) is 7.05 Å². The van der Waals surface area contributed by atoms with Crippen molar-refractivity contribution in [1.29, 1.82) is 0 Å². The molecule has 0 bridgehead atoms. The predicted octanol–water partition coefficient (Wildman–Crippen LogP) is 5.52. The molecule has 0 aliphatic carbocycles. The number of aromatic nitrogens is 2. The molecule has 2 aromatic carbocycles. The quantitative estimate of drug-likeness (QED) is 0.508. The lowest BCUT2D eigenvalue weighted by atomic mass is 10.1. The first-order chi connectivity index (χ1) is 12.5. The minimum absolute atomic E-state index is 0.112. The zero-order valence-corrected chi connectivity index (χ0v) is 15.9. The van der Waals surface area contributed by atoms with E-state index in [0.717, 1.165) is 32.7 Å². The van der Waals surface area contributed by atoms with Gasteiger partial charge in [0.05, 0.1) is 4.88 Å². The maximum absolute atomic E-state index is 12.6. The number of carbonyl (C=O) groups is 1. The zero-order valence-electron chi connectivity index (χ0n) is 14.3. The van der Waals surface area contributed by atoms with E-state index < -0.39 is 0 Å². The van der Waals surface area contributed by atoms with Gasteiger partial charge >= 0.3 is 0 Å². The first kappa shape index (κ1) is 16.8. The maximum Gasteiger partial charge on any atom is 0.265 e. The standard InChI is InChI=1S/C20H16ClN3OS/c1-12-4-3-5-15(10-12)22-19(25)17-11-16-18(23-24(2)20(16)26-17)13-6-8-14(21)9-7-13/h3-11H,1-2H3,(H,22,25). The third-order valence-corrected chi connectivity index (χ3v) is 5.58. The van der Waals surface area contributed by atoms with Gasteiger partial charge in [0.25, 0.3) is 5.91 Å². The Hall–Kier alpha value is -2.63. The normalized spacial score (nSPS) is 11.0. The molecule has 4 aromatic rings. The molecule has 0 fully saturated rings. The third kappa shape index (κ3) is 3.11. The van der Waals surface area contributed by atoms with E-state index in [2.05, 4.69) is 10.4 Å². The Balaban J connectivity index is 1.70. The molecule has 0 aliphatic heterocycles. The number of carbonyl (C=O) groups excluding carboxylic acids is 1. The fourth-order valence-corrected chi connectivity index (χ4v) is 3.98. The second-order valence-electron chi connectivity index (χ2n) is 6.13. The fraction of sp³-hybridized carbons (Fsp3) is 0.100. The Morgan fingerprint density at radius 1 is 1.15 bits per heavy atom. The Morgan fingerprint density at radius 2 is 1.92 bits per heavy atom. The van der Waals surface area contributed by atoms with Crippen LogP contribution in [0.5, 0.6) is 0 Å². The van der Waals surface area contributed by atoms with Gasteiger partial charge in [-0.3, -0.25) is 9.48 Å². The molecular weight excluding hydrogens is 366 g/mol. The van der Waals surface area contributed by atoms with E-state index in [9.17, 15) is 4.79 Å². The summed E-state index contributed by atoms with van der Waals surface area (Å²) >= 11 is 7.42. The SMILES string of the molecule is Cc1cccc(NC(=O)c2cc3c(-c4ccc(Cl)cc4)nn(C)c3s2)c1. The number of halogens is 1. The molecule has 4 nitrogen and oxygen atoms in total. The van der Waals surface area contributed by atoms with Crippen LogP contribution in [0.2, 0.25) is 5.02 Å². The van der Waals surface area contributed by atoms with Crippen molar-refractivity contribution in [2.24, 2.45) is 7.05 Å². The lowest BCUT2D eigenvalue weighted by Gasteiger charge is -2.04. The molecule has 0 aliphatic rings. The second kappa shape index (κ2) is 6.59. The molecule has 0 atom stereocenters. The van der Waals surface area contributed by atoms with Gasteiger partial charge in [-0.15, -0.1) is 11.3 Å². The smallest absolute Gasteiger partial charge is 0.265 e. The van der Waals surface area contributed by atoms with Crippen molar-refractivity contribution >= 4 is 44.7 Å². The van der Waals surface area contributed by atoms with Gasteiger partial charge in [-0.05, 0) is 42.8 Å². The average Bonchev–Trinajstić information content (AvgIpc) is 3.17. The van der Waals surface area contributed by atoms with Crippen LogP contribution in [0.1, 0.15) is 15.2 Å². The first-order valence-electron chi connectivity index (χ1n) is 8.12. The summed E-state index contributed by atoms with van der Waals surface area (Å²) in [6, 6.07) is 17.2. The summed E-state index contributed by atoms with van der Waals surface area (Å²) < 4.78 is 1.81. The highest BCUT2D eigenvalue weighted by molar-refractivity contribution is 7.20. The Morgan fingerprint density at radius 3 is 2.65 bits per heavy atom. The van der Waals surface area contributed by atoms with Crippen LogP contribution in [0, 0.1) is 6.92 Å². The molecule has 0 unspecified atom stereocenters. The molecule has 0 saturated heterocycles. The molecule has 130 valence electrons. The van der Waals surface area contributed by atoms with Crippen molar-refractivity contribution < 1.29 is 4.79 Å². The molecule has 1 N–H and O–H groups in total. The highest BCUT2D eigenvalue weighted by atomic mass is 35.5. The number of benzene rings is 2. The summed E-state index contributed by atoms with van der Waals surface area (Å²) in [6.07, 6.45) is 0. The van der Waals surface area contributed by atoms with Crippen LogP contribution >= 0.6 is 22.9 Å². The molecule has 0 radical (unpaired) electrons. The molecule has 0 spiro atoms. The van der Waals surface area contributed by atoms with Crippen LogP contribution in [0.4, 0.5) is 5.69 Å². The number of amides is 1. The van der Waals surface area contributed by atoms with Gasteiger partial charge in [-0.1, -0.05) is 35.9 Å². The first-order valence-corrected chi connectivity index (χ1v) is 9.31. The number of hydrogen-bond acceptors (Lipinski definition) is 3. The van der Waals surface area contributed by atoms with Gasteiger partial charge in [-0.25, -0.2) is 0 Å². The summed E-state index contributed by atoms with van der Waals surface area (Å²) in [6.45, 7) is 2.00. The highest BCUT2D eigenvalue weighted by Gasteiger charge is 2.18. The largest absolute Gasteiger partial charge is 0.321 e. The van der Waals surface area contributed by atoms with Crippen molar-refractivity contribution in [2.45, 2.75) is 6.92 Å². The number of fused-ring (bicyclic) bond motifs is 1. The molecule has 6 heteroatoms. The summed E-state index contributed by atoms with van der Waals surface area (Å²) in [5.41, 5.74) is 3.73. The Labute approximate surface area is 160 Å². The predicted molar refractivity (Wildman–Crippen MR) is 108 cm³/mol. The lowest BCUT2D eigenvalue weighted by Crippen LogP contribution is -2.10. The highest BCUT2D eigenvalue weighted by Crippen LogP contribution is 2.34. The number of rotatable bonds is 3. The fourth-order valence-electron chi connectivity index (χ4n) is 2.89. The van der Waals surface area contributed by atoms with Gasteiger partial charge in [0.15, 0.2) is 0 Å². The van der Waals surface area contributed by atoms with E-state index in [0.29, 0.717) is 9.90 Å². The number of thiophene rings is 1. The van der Waals surface area contributed by atoms with E-state index >= 15 is 0 Å². The summed E-state index contributed by atoms with van der Waals surface area (Å²) in [5.74, 6) is -0.112. The number of aryl methyl sites for hydroxylation is 2. The van der Waals surface area contributed by atoms with Gasteiger partial charge in [-0.2, -0.15) is 5.10 Å². The Bertz CT molecular complexity index is 1110. The van der Waals surface area contributed by atoms with Crippen molar-refractivity contribution in [1.82, 2.24) is 9.78 Å². The second-order valence-corrected chi connectivity index (χ2v) is 7.60. The molecule has 26 heavy (non-hydrogen) atoms. The number of hydrogen-bond donors (Lipinski definition) is 1. The van der Waals surface area contributed by atoms with Crippen LogP contribution in [0.15, 0.2) is 54.6 Å². The van der Waals surface area contributed by atoms with Crippen LogP contribution < -0.4 is 5.32 Å². The third-order valence-electron chi connectivity index (χ3n) is 4.13. The number of anilines is 1. The van der Waals surface area contributed by atoms with Crippen molar-refractivity contribution in [3.05, 3.63) is 70.1 Å². The number of nitrogens with one attached hydrogen (secondary N) is 1. The summed E-state index contributed by atoms with van der Waals surface area (Å²) in [4.78, 5) is 14.3.